The highest BCUT2D eigenvalue weighted by molar-refractivity contribution is 6.14. The number of fused-ring (bicyclic) bond motifs is 25. The first-order valence-electron chi connectivity index (χ1n) is 27.9. The van der Waals surface area contributed by atoms with Crippen LogP contribution in [0.1, 0.15) is 69.5 Å². The van der Waals surface area contributed by atoms with Gasteiger partial charge in [-0.05, 0) is 138 Å². The van der Waals surface area contributed by atoms with Crippen LogP contribution in [0.4, 0.5) is 0 Å². The van der Waals surface area contributed by atoms with Gasteiger partial charge in [0.1, 0.15) is 0 Å². The van der Waals surface area contributed by atoms with E-state index in [4.69, 9.17) is 0 Å². The summed E-state index contributed by atoms with van der Waals surface area (Å²) in [4.78, 5) is 0. The lowest BCUT2D eigenvalue weighted by molar-refractivity contribution is 0.632. The lowest BCUT2D eigenvalue weighted by atomic mass is 9.52. The van der Waals surface area contributed by atoms with E-state index in [1.54, 1.807) is 0 Å². The van der Waals surface area contributed by atoms with Gasteiger partial charge >= 0.3 is 0 Å². The number of benzene rings is 12. The second-order valence-electron chi connectivity index (χ2n) is 23.0. The average Bonchev–Trinajstić information content (AvgIpc) is 2.67. The maximum atomic E-state index is 2.60. The van der Waals surface area contributed by atoms with Gasteiger partial charge in [-0.25, -0.2) is 0 Å². The van der Waals surface area contributed by atoms with Crippen molar-refractivity contribution >= 4 is 43.6 Å². The van der Waals surface area contributed by atoms with E-state index in [0.29, 0.717) is 0 Å². The Hall–Kier alpha value is -9.76. The molecule has 14 aromatic rings. The molecule has 12 aromatic carbocycles. The van der Waals surface area contributed by atoms with Crippen molar-refractivity contribution in [3.63, 3.8) is 0 Å². The number of hydrogen-bond acceptors (Lipinski definition) is 0. The van der Waals surface area contributed by atoms with Crippen LogP contribution in [0.25, 0.3) is 99.5 Å². The molecule has 4 aliphatic carbocycles. The molecular weight excluding hydrogens is 953 g/mol. The third-order valence-electron chi connectivity index (χ3n) is 19.2. The van der Waals surface area contributed by atoms with Gasteiger partial charge < -0.3 is 9.13 Å². The highest BCUT2D eigenvalue weighted by atomic mass is 15.0. The molecule has 0 aliphatic heterocycles. The van der Waals surface area contributed by atoms with Crippen molar-refractivity contribution in [1.29, 1.82) is 0 Å². The number of para-hydroxylation sites is 2. The first-order valence-corrected chi connectivity index (χ1v) is 27.9. The van der Waals surface area contributed by atoms with Crippen LogP contribution >= 0.6 is 0 Å². The lowest BCUT2D eigenvalue weighted by Crippen LogP contribution is -2.43. The number of hydrogen-bond donors (Lipinski definition) is 0. The van der Waals surface area contributed by atoms with E-state index >= 15 is 0 Å². The van der Waals surface area contributed by atoms with E-state index in [1.807, 2.05) is 0 Å². The predicted octanol–water partition coefficient (Wildman–Crippen LogP) is 18.9. The quantitative estimate of drug-likeness (QED) is 0.167. The molecule has 79 heavy (non-hydrogen) atoms. The summed E-state index contributed by atoms with van der Waals surface area (Å²) in [6, 6.07) is 102. The summed E-state index contributed by atoms with van der Waals surface area (Å²) in [5.41, 5.74) is 29.5. The van der Waals surface area contributed by atoms with Crippen molar-refractivity contribution < 1.29 is 0 Å². The molecule has 0 saturated carbocycles. The predicted molar refractivity (Wildman–Crippen MR) is 326 cm³/mol. The fourth-order valence-electron chi connectivity index (χ4n) is 16.2. The van der Waals surface area contributed by atoms with Crippen LogP contribution < -0.4 is 0 Å². The van der Waals surface area contributed by atoms with E-state index in [-0.39, 0.29) is 5.41 Å². The monoisotopic (exact) mass is 1000 g/mol. The summed E-state index contributed by atoms with van der Waals surface area (Å²) < 4.78 is 5.15. The van der Waals surface area contributed by atoms with E-state index in [2.05, 4.69) is 290 Å². The summed E-state index contributed by atoms with van der Waals surface area (Å²) in [5.74, 6) is 0. The smallest absolute Gasteiger partial charge is 0.0720 e. The third kappa shape index (κ3) is 5.19. The van der Waals surface area contributed by atoms with Gasteiger partial charge in [0.2, 0.25) is 0 Å². The Morgan fingerprint density at radius 1 is 0.241 bits per heavy atom. The third-order valence-corrected chi connectivity index (χ3v) is 19.2. The lowest BCUT2D eigenvalue weighted by Gasteiger charge is -2.48. The molecule has 0 atom stereocenters. The van der Waals surface area contributed by atoms with E-state index in [9.17, 15) is 0 Å². The summed E-state index contributed by atoms with van der Waals surface area (Å²) in [5, 5.41) is 5.06. The SMILES string of the molecule is CC1(C)c2ccccc2-c2cc3c4ccccc4n(-c4cccc5c4-c4ccccc4C54c5ccccc5C5(c6ccccc6-c6c(-n7c8ccccc8c8cc(-c9ccccc9)ccc87)cccc65)c5ccccc54)c3cc21. The molecule has 0 amide bonds. The zero-order chi connectivity index (χ0) is 51.9. The fraction of sp³-hybridized carbons (Fsp3) is 0.0649. The molecule has 2 spiro atoms. The average molecular weight is 1000 g/mol. The summed E-state index contributed by atoms with van der Waals surface area (Å²) in [7, 11) is 0. The first kappa shape index (κ1) is 43.4. The molecule has 368 valence electrons. The van der Waals surface area contributed by atoms with Crippen molar-refractivity contribution in [3.05, 3.63) is 323 Å². The Morgan fingerprint density at radius 2 is 0.658 bits per heavy atom. The van der Waals surface area contributed by atoms with Gasteiger partial charge in [-0.15, -0.1) is 0 Å². The molecule has 2 heterocycles. The van der Waals surface area contributed by atoms with E-state index < -0.39 is 10.8 Å². The molecule has 2 aromatic heterocycles. The van der Waals surface area contributed by atoms with Crippen LogP contribution in [0.5, 0.6) is 0 Å². The van der Waals surface area contributed by atoms with Crippen LogP contribution in [0, 0.1) is 0 Å². The molecule has 0 radical (unpaired) electrons. The molecule has 0 fully saturated rings. The van der Waals surface area contributed by atoms with Gasteiger partial charge in [0, 0.05) is 38.1 Å². The largest absolute Gasteiger partial charge is 0.309 e. The van der Waals surface area contributed by atoms with Crippen molar-refractivity contribution in [2.45, 2.75) is 30.1 Å². The van der Waals surface area contributed by atoms with Crippen molar-refractivity contribution in [1.82, 2.24) is 9.13 Å². The Balaban J connectivity index is 0.911. The first-order chi connectivity index (χ1) is 39.0. The molecule has 0 bridgehead atoms. The van der Waals surface area contributed by atoms with Crippen LogP contribution in [0.2, 0.25) is 0 Å². The van der Waals surface area contributed by atoms with Crippen molar-refractivity contribution in [2.75, 3.05) is 0 Å². The standard InChI is InChI=1S/C77H50N2/c1-75(2)57-29-11-6-24-49(57)54-45-56-51-26-10-19-39-68(51)79(72(56)46-66(54)75)71-41-21-37-65-74(71)53-28-8-13-31-59(53)77(65)62-34-16-14-32-60(62)76(61-33-15-17-35-63(61)77)58-30-12-7-27-52(58)73-64(76)36-20-40-70(73)78-67-38-18-9-25-50(67)55-44-48(42-43-69(55)78)47-22-4-3-5-23-47/h3-46H,1-2H3. The minimum Gasteiger partial charge on any atom is -0.309 e. The summed E-state index contributed by atoms with van der Waals surface area (Å²) in [6.45, 7) is 4.80. The molecule has 0 unspecified atom stereocenters. The van der Waals surface area contributed by atoms with Crippen LogP contribution in [0.3, 0.4) is 0 Å². The van der Waals surface area contributed by atoms with E-state index in [0.717, 1.165) is 0 Å². The minimum atomic E-state index is -0.636. The van der Waals surface area contributed by atoms with Gasteiger partial charge in [-0.2, -0.15) is 0 Å². The van der Waals surface area contributed by atoms with E-state index in [1.165, 1.54) is 155 Å². The Morgan fingerprint density at radius 3 is 1.22 bits per heavy atom. The Kier molecular flexibility index (Phi) is 8.37. The second kappa shape index (κ2) is 15.2. The fourth-order valence-corrected chi connectivity index (χ4v) is 16.2. The summed E-state index contributed by atoms with van der Waals surface area (Å²) in [6.07, 6.45) is 0. The molecule has 2 heteroatoms. The zero-order valence-corrected chi connectivity index (χ0v) is 43.8. The van der Waals surface area contributed by atoms with Crippen LogP contribution in [-0.2, 0) is 16.2 Å². The maximum absolute atomic E-state index is 2.60. The molecule has 0 N–H and O–H groups in total. The molecule has 18 rings (SSSR count). The minimum absolute atomic E-state index is 0.142. The van der Waals surface area contributed by atoms with Crippen LogP contribution in [-0.4, -0.2) is 9.13 Å². The van der Waals surface area contributed by atoms with Gasteiger partial charge in [-0.3, -0.25) is 0 Å². The van der Waals surface area contributed by atoms with Gasteiger partial charge in [0.15, 0.2) is 0 Å². The topological polar surface area (TPSA) is 9.86 Å². The molecular formula is C77H50N2. The highest BCUT2D eigenvalue weighted by Crippen LogP contribution is 2.68. The number of nitrogens with zero attached hydrogens (tertiary/aromatic N) is 2. The van der Waals surface area contributed by atoms with Crippen molar-refractivity contribution in [3.8, 4) is 55.9 Å². The molecule has 0 saturated heterocycles. The Bertz CT molecular complexity index is 4950. The van der Waals surface area contributed by atoms with Crippen LogP contribution in [0.15, 0.2) is 267 Å². The second-order valence-corrected chi connectivity index (χ2v) is 23.0. The van der Waals surface area contributed by atoms with Crippen molar-refractivity contribution in [2.24, 2.45) is 0 Å². The Labute approximate surface area is 458 Å². The number of aromatic nitrogens is 2. The maximum Gasteiger partial charge on any atom is 0.0720 e. The normalized spacial score (nSPS) is 17.4. The van der Waals surface area contributed by atoms with Gasteiger partial charge in [0.05, 0.1) is 44.3 Å². The molecule has 4 aliphatic rings. The summed E-state index contributed by atoms with van der Waals surface area (Å²) >= 11 is 0. The highest BCUT2D eigenvalue weighted by Gasteiger charge is 2.59. The number of rotatable bonds is 3. The zero-order valence-electron chi connectivity index (χ0n) is 43.8. The van der Waals surface area contributed by atoms with Gasteiger partial charge in [0.25, 0.3) is 0 Å². The molecule has 2 nitrogen and oxygen atoms in total. The van der Waals surface area contributed by atoms with Gasteiger partial charge in [-0.1, -0.05) is 232 Å².